The van der Waals surface area contributed by atoms with Crippen molar-refractivity contribution in [2.24, 2.45) is 0 Å². The zero-order valence-electron chi connectivity index (χ0n) is 12.1. The van der Waals surface area contributed by atoms with Gasteiger partial charge in [0, 0.05) is 11.8 Å². The highest BCUT2D eigenvalue weighted by molar-refractivity contribution is 7.08. The zero-order valence-corrected chi connectivity index (χ0v) is 12.9. The van der Waals surface area contributed by atoms with E-state index < -0.39 is 5.91 Å². The first-order valence-corrected chi connectivity index (χ1v) is 7.29. The van der Waals surface area contributed by atoms with Crippen molar-refractivity contribution in [3.05, 3.63) is 46.2 Å². The molecule has 1 aromatic carbocycles. The van der Waals surface area contributed by atoms with Crippen LogP contribution in [0, 0.1) is 11.3 Å². The Balaban J connectivity index is 2.19. The average molecular weight is 314 g/mol. The Morgan fingerprint density at radius 1 is 1.27 bits per heavy atom. The van der Waals surface area contributed by atoms with Gasteiger partial charge in [0.1, 0.15) is 11.6 Å². The van der Waals surface area contributed by atoms with Crippen molar-refractivity contribution >= 4 is 29.0 Å². The molecule has 6 heteroatoms. The molecule has 0 atom stereocenters. The van der Waals surface area contributed by atoms with Gasteiger partial charge in [0.25, 0.3) is 5.91 Å². The topological polar surface area (TPSA) is 71.3 Å². The van der Waals surface area contributed by atoms with Gasteiger partial charge < -0.3 is 14.8 Å². The van der Waals surface area contributed by atoms with E-state index in [-0.39, 0.29) is 5.57 Å². The highest BCUT2D eigenvalue weighted by Gasteiger charge is 2.11. The summed E-state index contributed by atoms with van der Waals surface area (Å²) in [5.41, 5.74) is 1.38. The summed E-state index contributed by atoms with van der Waals surface area (Å²) in [4.78, 5) is 12.2. The summed E-state index contributed by atoms with van der Waals surface area (Å²) in [6.45, 7) is 0. The van der Waals surface area contributed by atoms with Crippen LogP contribution in [-0.4, -0.2) is 20.1 Å². The Morgan fingerprint density at radius 2 is 2.05 bits per heavy atom. The van der Waals surface area contributed by atoms with Gasteiger partial charge in [-0.25, -0.2) is 0 Å². The molecule has 0 bridgehead atoms. The fraction of sp³-hybridized carbons (Fsp3) is 0.125. The number of nitrogens with zero attached hydrogens (tertiary/aromatic N) is 1. The monoisotopic (exact) mass is 314 g/mol. The smallest absolute Gasteiger partial charge is 0.266 e. The summed E-state index contributed by atoms with van der Waals surface area (Å²) in [5.74, 6) is 0.594. The van der Waals surface area contributed by atoms with E-state index >= 15 is 0 Å². The van der Waals surface area contributed by atoms with Gasteiger partial charge >= 0.3 is 0 Å². The first kappa shape index (κ1) is 15.6. The molecule has 0 saturated carbocycles. The molecule has 0 unspecified atom stereocenters. The SMILES string of the molecule is COc1ccc(NC(=O)/C(C#N)=C\c2ccsc2)cc1OC. The highest BCUT2D eigenvalue weighted by Crippen LogP contribution is 2.29. The minimum atomic E-state index is -0.471. The molecule has 1 heterocycles. The zero-order chi connectivity index (χ0) is 15.9. The lowest BCUT2D eigenvalue weighted by molar-refractivity contribution is -0.112. The molecular weight excluding hydrogens is 300 g/mol. The Labute approximate surface area is 132 Å². The van der Waals surface area contributed by atoms with Crippen molar-refractivity contribution in [1.82, 2.24) is 0 Å². The van der Waals surface area contributed by atoms with Crippen LogP contribution in [0.25, 0.3) is 6.08 Å². The highest BCUT2D eigenvalue weighted by atomic mass is 32.1. The molecule has 0 aliphatic heterocycles. The maximum Gasteiger partial charge on any atom is 0.266 e. The Hall–Kier alpha value is -2.78. The van der Waals surface area contributed by atoms with Crippen molar-refractivity contribution in [1.29, 1.82) is 5.26 Å². The van der Waals surface area contributed by atoms with Gasteiger partial charge in [-0.1, -0.05) is 0 Å². The van der Waals surface area contributed by atoms with Gasteiger partial charge in [-0.2, -0.15) is 16.6 Å². The molecule has 2 rings (SSSR count). The maximum atomic E-state index is 12.2. The second kappa shape index (κ2) is 7.29. The fourth-order valence-electron chi connectivity index (χ4n) is 1.78. The summed E-state index contributed by atoms with van der Waals surface area (Å²) in [6, 6.07) is 8.75. The van der Waals surface area contributed by atoms with Gasteiger partial charge in [0.05, 0.1) is 14.2 Å². The van der Waals surface area contributed by atoms with Crippen LogP contribution in [0.15, 0.2) is 40.6 Å². The Morgan fingerprint density at radius 3 is 2.64 bits per heavy atom. The summed E-state index contributed by atoms with van der Waals surface area (Å²) in [5, 5.41) is 15.5. The van der Waals surface area contributed by atoms with Crippen LogP contribution in [0.3, 0.4) is 0 Å². The minimum Gasteiger partial charge on any atom is -0.493 e. The summed E-state index contributed by atoms with van der Waals surface area (Å²) in [6.07, 6.45) is 1.55. The number of rotatable bonds is 5. The largest absolute Gasteiger partial charge is 0.493 e. The van der Waals surface area contributed by atoms with Crippen LogP contribution in [0.1, 0.15) is 5.56 Å². The quantitative estimate of drug-likeness (QED) is 0.679. The van der Waals surface area contributed by atoms with Gasteiger partial charge in [-0.3, -0.25) is 4.79 Å². The molecule has 0 saturated heterocycles. The van der Waals surface area contributed by atoms with Crippen molar-refractivity contribution in [2.45, 2.75) is 0 Å². The van der Waals surface area contributed by atoms with E-state index in [2.05, 4.69) is 5.32 Å². The van der Waals surface area contributed by atoms with Crippen LogP contribution in [0.2, 0.25) is 0 Å². The molecule has 0 spiro atoms. The Kier molecular flexibility index (Phi) is 5.17. The number of hydrogen-bond acceptors (Lipinski definition) is 5. The van der Waals surface area contributed by atoms with Gasteiger partial charge in [-0.05, 0) is 40.6 Å². The lowest BCUT2D eigenvalue weighted by Crippen LogP contribution is -2.13. The number of ether oxygens (including phenoxy) is 2. The molecule has 1 aromatic heterocycles. The summed E-state index contributed by atoms with van der Waals surface area (Å²) >= 11 is 1.50. The van der Waals surface area contributed by atoms with E-state index in [4.69, 9.17) is 14.7 Å². The van der Waals surface area contributed by atoms with Crippen molar-refractivity contribution < 1.29 is 14.3 Å². The third-order valence-electron chi connectivity index (χ3n) is 2.86. The number of anilines is 1. The third kappa shape index (κ3) is 3.65. The van der Waals surface area contributed by atoms with E-state index in [1.165, 1.54) is 25.6 Å². The minimum absolute atomic E-state index is 0.0354. The first-order chi connectivity index (χ1) is 10.7. The van der Waals surface area contributed by atoms with Crippen LogP contribution >= 0.6 is 11.3 Å². The molecule has 0 radical (unpaired) electrons. The molecule has 0 fully saturated rings. The van der Waals surface area contributed by atoms with Crippen LogP contribution in [0.5, 0.6) is 11.5 Å². The number of amides is 1. The molecule has 2 aromatic rings. The number of thiophene rings is 1. The number of hydrogen-bond donors (Lipinski definition) is 1. The maximum absolute atomic E-state index is 12.2. The second-order valence-corrected chi connectivity index (χ2v) is 5.03. The molecule has 5 nitrogen and oxygen atoms in total. The number of carbonyl (C=O) groups is 1. The molecule has 112 valence electrons. The molecule has 1 N–H and O–H groups in total. The van der Waals surface area contributed by atoms with E-state index in [0.717, 1.165) is 5.56 Å². The van der Waals surface area contributed by atoms with Gasteiger partial charge in [0.2, 0.25) is 0 Å². The van der Waals surface area contributed by atoms with Crippen LogP contribution < -0.4 is 14.8 Å². The lowest BCUT2D eigenvalue weighted by atomic mass is 10.2. The standard InChI is InChI=1S/C16H14N2O3S/c1-20-14-4-3-13(8-15(14)21-2)18-16(19)12(9-17)7-11-5-6-22-10-11/h3-8,10H,1-2H3,(H,18,19)/b12-7-. The number of nitriles is 1. The Bertz CT molecular complexity index is 730. The van der Waals surface area contributed by atoms with E-state index in [1.807, 2.05) is 22.9 Å². The van der Waals surface area contributed by atoms with Crippen molar-refractivity contribution in [3.8, 4) is 17.6 Å². The summed E-state index contributed by atoms with van der Waals surface area (Å²) in [7, 11) is 3.05. The molecular formula is C16H14N2O3S. The normalized spacial score (nSPS) is 10.7. The van der Waals surface area contributed by atoms with Gasteiger partial charge in [-0.15, -0.1) is 0 Å². The fourth-order valence-corrected chi connectivity index (χ4v) is 2.40. The van der Waals surface area contributed by atoms with Crippen molar-refractivity contribution in [3.63, 3.8) is 0 Å². The lowest BCUT2D eigenvalue weighted by Gasteiger charge is -2.10. The third-order valence-corrected chi connectivity index (χ3v) is 3.56. The van der Waals surface area contributed by atoms with Crippen molar-refractivity contribution in [2.75, 3.05) is 19.5 Å². The predicted octanol–water partition coefficient (Wildman–Crippen LogP) is 3.31. The van der Waals surface area contributed by atoms with E-state index in [9.17, 15) is 4.79 Å². The average Bonchev–Trinajstić information content (AvgIpc) is 3.05. The predicted molar refractivity (Wildman–Crippen MR) is 86.1 cm³/mol. The number of benzene rings is 1. The van der Waals surface area contributed by atoms with Crippen LogP contribution in [0.4, 0.5) is 5.69 Å². The molecule has 0 aliphatic carbocycles. The number of carbonyl (C=O) groups excluding carboxylic acids is 1. The van der Waals surface area contributed by atoms with E-state index in [1.54, 1.807) is 24.3 Å². The molecule has 22 heavy (non-hydrogen) atoms. The first-order valence-electron chi connectivity index (χ1n) is 6.35. The number of methoxy groups -OCH3 is 2. The van der Waals surface area contributed by atoms with Crippen LogP contribution in [-0.2, 0) is 4.79 Å². The van der Waals surface area contributed by atoms with E-state index in [0.29, 0.717) is 17.2 Å². The molecule has 0 aliphatic rings. The van der Waals surface area contributed by atoms with Gasteiger partial charge in [0.15, 0.2) is 11.5 Å². The number of nitrogens with one attached hydrogen (secondary N) is 1. The summed E-state index contributed by atoms with van der Waals surface area (Å²) < 4.78 is 10.3. The molecule has 1 amide bonds. The second-order valence-electron chi connectivity index (χ2n) is 4.25.